The van der Waals surface area contributed by atoms with Crippen LogP contribution in [0.5, 0.6) is 11.5 Å². The molecule has 0 saturated carbocycles. The number of para-hydroxylation sites is 2. The number of benzene rings is 2. The second-order valence-corrected chi connectivity index (χ2v) is 10.8. The van der Waals surface area contributed by atoms with Crippen LogP contribution >= 0.6 is 30.8 Å². The van der Waals surface area contributed by atoms with Crippen LogP contribution in [0, 0.1) is 6.92 Å². The SMILES string of the molecule is Cc1cn([C@H]2CC[C@@H](CCP(=O)(Oc3ccccc3Cl)Oc3ccccc3Cl)O2)c(=O)[nH]c1=O. The predicted molar refractivity (Wildman–Crippen MR) is 130 cm³/mol. The van der Waals surface area contributed by atoms with E-state index in [4.69, 9.17) is 37.0 Å². The standard InChI is InChI=1S/C23H23Cl2N2O6P/c1-15-14-27(23(29)26-22(15)28)21-11-10-16(31-21)12-13-34(30,32-19-8-4-2-6-17(19)24)33-20-9-5-3-7-18(20)25/h2-9,14,16,21H,10-13H2,1H3,(H,26,28,29)/t16-,21+/m0/s1. The van der Waals surface area contributed by atoms with Gasteiger partial charge in [-0.3, -0.25) is 14.3 Å². The molecule has 2 heterocycles. The number of H-pyrrole nitrogens is 1. The lowest BCUT2D eigenvalue weighted by Gasteiger charge is -2.22. The number of aromatic nitrogens is 2. The highest BCUT2D eigenvalue weighted by atomic mass is 35.5. The van der Waals surface area contributed by atoms with Crippen molar-refractivity contribution >= 4 is 30.8 Å². The first kappa shape index (κ1) is 24.6. The number of aryl methyl sites for hydroxylation is 1. The van der Waals surface area contributed by atoms with E-state index in [0.717, 1.165) is 0 Å². The van der Waals surface area contributed by atoms with Crippen LogP contribution in [0.15, 0.2) is 64.3 Å². The zero-order valence-electron chi connectivity index (χ0n) is 18.3. The van der Waals surface area contributed by atoms with E-state index >= 15 is 0 Å². The summed E-state index contributed by atoms with van der Waals surface area (Å²) in [5.41, 5.74) is -0.543. The molecular formula is C23H23Cl2N2O6P. The van der Waals surface area contributed by atoms with Gasteiger partial charge in [0.05, 0.1) is 22.3 Å². The molecule has 1 aromatic heterocycles. The van der Waals surface area contributed by atoms with Crippen molar-refractivity contribution in [1.82, 2.24) is 9.55 Å². The van der Waals surface area contributed by atoms with Gasteiger partial charge in [0, 0.05) is 11.8 Å². The molecule has 4 rings (SSSR count). The maximum absolute atomic E-state index is 13.8. The van der Waals surface area contributed by atoms with Crippen molar-refractivity contribution in [2.24, 2.45) is 0 Å². The fraction of sp³-hybridized carbons (Fsp3) is 0.304. The van der Waals surface area contributed by atoms with Crippen molar-refractivity contribution in [2.45, 2.75) is 38.5 Å². The molecule has 11 heteroatoms. The van der Waals surface area contributed by atoms with E-state index in [1.807, 2.05) is 0 Å². The average Bonchev–Trinajstić information content (AvgIpc) is 3.27. The largest absolute Gasteiger partial charge is 0.430 e. The number of halogens is 2. The number of aromatic amines is 1. The van der Waals surface area contributed by atoms with E-state index < -0.39 is 25.1 Å². The Morgan fingerprint density at radius 3 is 2.21 bits per heavy atom. The second kappa shape index (κ2) is 10.4. The Kier molecular flexibility index (Phi) is 7.53. The molecule has 0 radical (unpaired) electrons. The van der Waals surface area contributed by atoms with Crippen LogP contribution in [0.2, 0.25) is 10.0 Å². The van der Waals surface area contributed by atoms with Crippen molar-refractivity contribution in [3.8, 4) is 11.5 Å². The molecule has 0 unspecified atom stereocenters. The zero-order chi connectivity index (χ0) is 24.3. The maximum atomic E-state index is 13.8. The molecule has 0 aliphatic carbocycles. The van der Waals surface area contributed by atoms with Gasteiger partial charge < -0.3 is 13.8 Å². The molecular weight excluding hydrogens is 502 g/mol. The highest BCUT2D eigenvalue weighted by molar-refractivity contribution is 7.54. The second-order valence-electron chi connectivity index (χ2n) is 7.94. The van der Waals surface area contributed by atoms with Crippen LogP contribution in [0.4, 0.5) is 0 Å². The van der Waals surface area contributed by atoms with Gasteiger partial charge >= 0.3 is 13.3 Å². The van der Waals surface area contributed by atoms with Gasteiger partial charge in [0.15, 0.2) is 0 Å². The van der Waals surface area contributed by atoms with Crippen LogP contribution in [-0.4, -0.2) is 21.8 Å². The lowest BCUT2D eigenvalue weighted by Crippen LogP contribution is -2.33. The van der Waals surface area contributed by atoms with Crippen molar-refractivity contribution < 1.29 is 18.3 Å². The third-order valence-corrected chi connectivity index (χ3v) is 7.79. The molecule has 1 fully saturated rings. The van der Waals surface area contributed by atoms with Gasteiger partial charge in [0.1, 0.15) is 17.7 Å². The topological polar surface area (TPSA) is 99.6 Å². The Balaban J connectivity index is 1.50. The first-order valence-electron chi connectivity index (χ1n) is 10.7. The third kappa shape index (κ3) is 5.76. The van der Waals surface area contributed by atoms with Crippen molar-refractivity contribution in [3.63, 3.8) is 0 Å². The molecule has 0 spiro atoms. The average molecular weight is 525 g/mol. The van der Waals surface area contributed by atoms with Gasteiger partial charge in [-0.15, -0.1) is 0 Å². The molecule has 1 aliphatic heterocycles. The van der Waals surface area contributed by atoms with Gasteiger partial charge in [0.25, 0.3) is 5.56 Å². The molecule has 2 aromatic carbocycles. The summed E-state index contributed by atoms with van der Waals surface area (Å²) < 4.78 is 32.8. The number of hydrogen-bond donors (Lipinski definition) is 1. The zero-order valence-corrected chi connectivity index (χ0v) is 20.7. The lowest BCUT2D eigenvalue weighted by atomic mass is 10.2. The van der Waals surface area contributed by atoms with E-state index in [0.29, 0.717) is 34.9 Å². The van der Waals surface area contributed by atoms with E-state index in [1.165, 1.54) is 10.8 Å². The summed E-state index contributed by atoms with van der Waals surface area (Å²) in [6.45, 7) is 1.62. The normalized spacial score (nSPS) is 18.1. The van der Waals surface area contributed by atoms with Gasteiger partial charge in [-0.25, -0.2) is 9.36 Å². The van der Waals surface area contributed by atoms with Crippen LogP contribution in [0.3, 0.4) is 0 Å². The first-order valence-corrected chi connectivity index (χ1v) is 13.2. The van der Waals surface area contributed by atoms with E-state index in [1.54, 1.807) is 55.5 Å². The predicted octanol–water partition coefficient (Wildman–Crippen LogP) is 5.57. The number of hydrogen-bond acceptors (Lipinski definition) is 6. The minimum atomic E-state index is -3.75. The Hall–Kier alpha value is -2.51. The van der Waals surface area contributed by atoms with Crippen LogP contribution in [0.25, 0.3) is 0 Å². The highest BCUT2D eigenvalue weighted by Gasteiger charge is 2.34. The molecule has 1 saturated heterocycles. The molecule has 8 nitrogen and oxygen atoms in total. The number of rotatable bonds is 8. The summed E-state index contributed by atoms with van der Waals surface area (Å²) in [5, 5.41) is 0.603. The van der Waals surface area contributed by atoms with E-state index in [2.05, 4.69) is 4.98 Å². The molecule has 1 aliphatic rings. The fourth-order valence-electron chi connectivity index (χ4n) is 3.65. The van der Waals surface area contributed by atoms with Crippen molar-refractivity contribution in [1.29, 1.82) is 0 Å². The quantitative estimate of drug-likeness (QED) is 0.386. The third-order valence-electron chi connectivity index (χ3n) is 5.41. The van der Waals surface area contributed by atoms with Gasteiger partial charge in [-0.2, -0.15) is 0 Å². The summed E-state index contributed by atoms with van der Waals surface area (Å²) in [6.07, 6.45) is 2.24. The van der Waals surface area contributed by atoms with Gasteiger partial charge in [0.2, 0.25) is 0 Å². The minimum Gasteiger partial charge on any atom is -0.414 e. The number of nitrogens with one attached hydrogen (secondary N) is 1. The Morgan fingerprint density at radius 2 is 1.62 bits per heavy atom. The summed E-state index contributed by atoms with van der Waals surface area (Å²) in [6, 6.07) is 13.4. The molecule has 0 bridgehead atoms. The van der Waals surface area contributed by atoms with E-state index in [-0.39, 0.29) is 23.8 Å². The van der Waals surface area contributed by atoms with Crippen LogP contribution < -0.4 is 20.3 Å². The summed E-state index contributed by atoms with van der Waals surface area (Å²) >= 11 is 12.4. The summed E-state index contributed by atoms with van der Waals surface area (Å²) in [4.78, 5) is 26.1. The van der Waals surface area contributed by atoms with Crippen LogP contribution in [-0.2, 0) is 9.30 Å². The molecule has 1 N–H and O–H groups in total. The summed E-state index contributed by atoms with van der Waals surface area (Å²) in [7, 11) is -3.75. The molecule has 34 heavy (non-hydrogen) atoms. The smallest absolute Gasteiger partial charge is 0.414 e. The first-order chi connectivity index (χ1) is 16.2. The fourth-order valence-corrected chi connectivity index (χ4v) is 5.85. The van der Waals surface area contributed by atoms with Crippen molar-refractivity contribution in [3.05, 3.63) is 91.2 Å². The van der Waals surface area contributed by atoms with Gasteiger partial charge in [-0.1, -0.05) is 47.5 Å². The maximum Gasteiger partial charge on any atom is 0.430 e. The summed E-state index contributed by atoms with van der Waals surface area (Å²) in [5.74, 6) is 0.472. The molecule has 180 valence electrons. The number of nitrogens with zero attached hydrogens (tertiary/aromatic N) is 1. The minimum absolute atomic E-state index is 0.0282. The van der Waals surface area contributed by atoms with Gasteiger partial charge in [-0.05, 0) is 50.5 Å². The Labute approximate surface area is 205 Å². The number of ether oxygens (including phenoxy) is 1. The highest BCUT2D eigenvalue weighted by Crippen LogP contribution is 2.52. The van der Waals surface area contributed by atoms with Crippen molar-refractivity contribution in [2.75, 3.05) is 6.16 Å². The van der Waals surface area contributed by atoms with E-state index in [9.17, 15) is 14.2 Å². The Bertz CT molecular complexity index is 1290. The molecule has 0 amide bonds. The lowest BCUT2D eigenvalue weighted by molar-refractivity contribution is -0.00215. The Morgan fingerprint density at radius 1 is 1.03 bits per heavy atom. The monoisotopic (exact) mass is 524 g/mol. The van der Waals surface area contributed by atoms with Crippen LogP contribution in [0.1, 0.15) is 31.1 Å². The molecule has 2 atom stereocenters. The molecule has 3 aromatic rings.